The van der Waals surface area contributed by atoms with Crippen LogP contribution in [0.2, 0.25) is 0 Å². The Morgan fingerprint density at radius 2 is 2.04 bits per heavy atom. The van der Waals surface area contributed by atoms with Crippen molar-refractivity contribution in [3.8, 4) is 0 Å². The van der Waals surface area contributed by atoms with E-state index >= 15 is 0 Å². The summed E-state index contributed by atoms with van der Waals surface area (Å²) in [6.07, 6.45) is -0.511. The first-order valence-electron chi connectivity index (χ1n) is 8.30. The molecule has 9 nitrogen and oxygen atoms in total. The number of benzene rings is 1. The maximum Gasteiger partial charge on any atom is 0.437 e. The molecule has 0 spiro atoms. The Labute approximate surface area is 151 Å². The van der Waals surface area contributed by atoms with Crippen molar-refractivity contribution >= 4 is 24.1 Å². The van der Waals surface area contributed by atoms with E-state index in [-0.39, 0.29) is 19.2 Å². The zero-order valence-corrected chi connectivity index (χ0v) is 14.5. The van der Waals surface area contributed by atoms with Gasteiger partial charge >= 0.3 is 12.2 Å². The van der Waals surface area contributed by atoms with E-state index in [4.69, 9.17) is 15.2 Å². The van der Waals surface area contributed by atoms with Gasteiger partial charge in [0.1, 0.15) is 12.6 Å². The quantitative estimate of drug-likeness (QED) is 0.616. The van der Waals surface area contributed by atoms with Crippen molar-refractivity contribution in [2.24, 2.45) is 10.7 Å². The molecule has 1 aliphatic rings. The second-order valence-corrected chi connectivity index (χ2v) is 5.56. The van der Waals surface area contributed by atoms with Crippen molar-refractivity contribution in [2.45, 2.75) is 32.4 Å². The fraction of sp³-hybridized carbons (Fsp3) is 0.412. The molecule has 140 valence electrons. The van der Waals surface area contributed by atoms with E-state index in [1.165, 1.54) is 0 Å². The number of carbonyl (C=O) groups is 3. The first-order valence-corrected chi connectivity index (χ1v) is 8.30. The van der Waals surface area contributed by atoms with Gasteiger partial charge in [0.25, 0.3) is 5.91 Å². The molecule has 0 radical (unpaired) electrons. The summed E-state index contributed by atoms with van der Waals surface area (Å²) in [5.41, 5.74) is 6.58. The normalized spacial score (nSPS) is 17.6. The number of rotatable bonds is 4. The summed E-state index contributed by atoms with van der Waals surface area (Å²) in [6, 6.07) is 8.34. The Bertz CT molecular complexity index is 677. The molecule has 1 fully saturated rings. The monoisotopic (exact) mass is 362 g/mol. The van der Waals surface area contributed by atoms with Gasteiger partial charge in [0, 0.05) is 6.54 Å². The lowest BCUT2D eigenvalue weighted by Gasteiger charge is -2.31. The van der Waals surface area contributed by atoms with Gasteiger partial charge in [-0.1, -0.05) is 30.3 Å². The molecule has 1 heterocycles. The van der Waals surface area contributed by atoms with Gasteiger partial charge in [0.15, 0.2) is 0 Å². The number of amides is 3. The summed E-state index contributed by atoms with van der Waals surface area (Å²) < 4.78 is 9.78. The Morgan fingerprint density at radius 1 is 1.31 bits per heavy atom. The van der Waals surface area contributed by atoms with Crippen molar-refractivity contribution in [1.82, 2.24) is 10.2 Å². The number of alkyl carbamates (subject to hydrolysis) is 1. The lowest BCUT2D eigenvalue weighted by atomic mass is 10.1. The number of nitrogens with two attached hydrogens (primary N) is 1. The number of aliphatic imine (C=N–C) groups is 1. The molecular weight excluding hydrogens is 340 g/mol. The number of hydrogen-bond donors (Lipinski definition) is 2. The van der Waals surface area contributed by atoms with E-state index in [1.807, 2.05) is 18.2 Å². The zero-order chi connectivity index (χ0) is 18.9. The van der Waals surface area contributed by atoms with Gasteiger partial charge in [0.05, 0.1) is 6.61 Å². The molecule has 0 aromatic heterocycles. The van der Waals surface area contributed by atoms with Crippen LogP contribution in [-0.2, 0) is 20.9 Å². The molecule has 0 unspecified atom stereocenters. The minimum atomic E-state index is -0.889. The van der Waals surface area contributed by atoms with E-state index in [0.29, 0.717) is 19.4 Å². The highest BCUT2D eigenvalue weighted by Gasteiger charge is 2.32. The van der Waals surface area contributed by atoms with Gasteiger partial charge in [-0.25, -0.2) is 9.59 Å². The molecule has 1 aromatic carbocycles. The third-order valence-electron chi connectivity index (χ3n) is 3.69. The van der Waals surface area contributed by atoms with E-state index in [1.54, 1.807) is 19.1 Å². The lowest BCUT2D eigenvalue weighted by molar-refractivity contribution is -0.131. The Hall–Kier alpha value is -3.10. The summed E-state index contributed by atoms with van der Waals surface area (Å²) in [5, 5.41) is 2.48. The van der Waals surface area contributed by atoms with Crippen molar-refractivity contribution in [3.05, 3.63) is 35.9 Å². The summed E-state index contributed by atoms with van der Waals surface area (Å²) in [4.78, 5) is 40.5. The van der Waals surface area contributed by atoms with Gasteiger partial charge < -0.3 is 20.5 Å². The van der Waals surface area contributed by atoms with Crippen LogP contribution in [0.15, 0.2) is 35.3 Å². The van der Waals surface area contributed by atoms with Crippen LogP contribution in [0.25, 0.3) is 0 Å². The lowest BCUT2D eigenvalue weighted by Crippen LogP contribution is -2.56. The Kier molecular flexibility index (Phi) is 6.95. The fourth-order valence-corrected chi connectivity index (χ4v) is 2.46. The van der Waals surface area contributed by atoms with Gasteiger partial charge in [0.2, 0.25) is 5.96 Å². The first kappa shape index (κ1) is 19.2. The van der Waals surface area contributed by atoms with Gasteiger partial charge in [-0.3, -0.25) is 9.69 Å². The molecule has 1 aromatic rings. The number of hydrogen-bond acceptors (Lipinski definition) is 5. The maximum atomic E-state index is 12.4. The number of nitrogens with zero attached hydrogens (tertiary/aromatic N) is 2. The molecule has 0 saturated carbocycles. The number of ether oxygens (including phenoxy) is 2. The highest BCUT2D eigenvalue weighted by Crippen LogP contribution is 2.12. The largest absolute Gasteiger partial charge is 0.450 e. The van der Waals surface area contributed by atoms with E-state index in [0.717, 1.165) is 10.5 Å². The van der Waals surface area contributed by atoms with Crippen LogP contribution in [0.5, 0.6) is 0 Å². The van der Waals surface area contributed by atoms with Crippen LogP contribution in [0.1, 0.15) is 25.3 Å². The van der Waals surface area contributed by atoms with Crippen LogP contribution < -0.4 is 11.1 Å². The molecular formula is C17H22N4O5. The third-order valence-corrected chi connectivity index (χ3v) is 3.69. The van der Waals surface area contributed by atoms with Crippen molar-refractivity contribution in [3.63, 3.8) is 0 Å². The van der Waals surface area contributed by atoms with Crippen LogP contribution in [-0.4, -0.2) is 48.1 Å². The van der Waals surface area contributed by atoms with Crippen LogP contribution in [0.4, 0.5) is 9.59 Å². The van der Waals surface area contributed by atoms with Gasteiger partial charge in [-0.05, 0) is 25.3 Å². The second kappa shape index (κ2) is 9.40. The zero-order valence-electron chi connectivity index (χ0n) is 14.5. The highest BCUT2D eigenvalue weighted by atomic mass is 16.6. The molecule has 2 rings (SSSR count). The molecule has 1 aliphatic heterocycles. The predicted octanol–water partition coefficient (Wildman–Crippen LogP) is 1.37. The average Bonchev–Trinajstić information content (AvgIpc) is 2.63. The van der Waals surface area contributed by atoms with Crippen LogP contribution >= 0.6 is 0 Å². The molecule has 3 N–H and O–H groups in total. The molecule has 0 aliphatic carbocycles. The number of carbonyl (C=O) groups excluding carboxylic acids is 3. The highest BCUT2D eigenvalue weighted by molar-refractivity contribution is 6.03. The summed E-state index contributed by atoms with van der Waals surface area (Å²) in [6.45, 7) is 2.23. The maximum absolute atomic E-state index is 12.4. The molecule has 1 atom stereocenters. The summed E-state index contributed by atoms with van der Waals surface area (Å²) in [7, 11) is 0. The van der Waals surface area contributed by atoms with Crippen LogP contribution in [0.3, 0.4) is 0 Å². The van der Waals surface area contributed by atoms with Gasteiger partial charge in [-0.15, -0.1) is 4.99 Å². The van der Waals surface area contributed by atoms with Crippen molar-refractivity contribution < 1.29 is 23.9 Å². The SMILES string of the molecule is CCOC(=O)N[C@H]1CCCN(C(N)=NC(=O)OCc2ccccc2)C1=O. The fourth-order valence-electron chi connectivity index (χ4n) is 2.46. The molecule has 9 heteroatoms. The molecule has 26 heavy (non-hydrogen) atoms. The molecule has 3 amide bonds. The minimum absolute atomic E-state index is 0.0530. The van der Waals surface area contributed by atoms with E-state index < -0.39 is 24.1 Å². The number of likely N-dealkylation sites (tertiary alicyclic amines) is 1. The number of piperidine rings is 1. The summed E-state index contributed by atoms with van der Waals surface area (Å²) in [5.74, 6) is -0.704. The standard InChI is InChI=1S/C17H22N4O5/c1-2-25-16(23)19-13-9-6-10-21(14(13)22)15(18)20-17(24)26-11-12-7-4-3-5-8-12/h3-5,7-8,13H,2,6,9-11H2,1H3,(H,19,23)(H2,18,20,24)/t13-/m0/s1. The Morgan fingerprint density at radius 3 is 2.73 bits per heavy atom. The number of nitrogens with one attached hydrogen (secondary N) is 1. The third kappa shape index (κ3) is 5.47. The molecule has 0 bridgehead atoms. The smallest absolute Gasteiger partial charge is 0.437 e. The molecule has 1 saturated heterocycles. The number of guanidine groups is 1. The first-order chi connectivity index (χ1) is 12.5. The van der Waals surface area contributed by atoms with Crippen LogP contribution in [0, 0.1) is 0 Å². The van der Waals surface area contributed by atoms with Crippen molar-refractivity contribution in [2.75, 3.05) is 13.2 Å². The Balaban J connectivity index is 1.92. The van der Waals surface area contributed by atoms with E-state index in [9.17, 15) is 14.4 Å². The van der Waals surface area contributed by atoms with E-state index in [2.05, 4.69) is 10.3 Å². The minimum Gasteiger partial charge on any atom is -0.450 e. The average molecular weight is 362 g/mol. The van der Waals surface area contributed by atoms with Crippen molar-refractivity contribution in [1.29, 1.82) is 0 Å². The topological polar surface area (TPSA) is 123 Å². The van der Waals surface area contributed by atoms with Gasteiger partial charge in [-0.2, -0.15) is 0 Å². The second-order valence-electron chi connectivity index (χ2n) is 5.56. The summed E-state index contributed by atoms with van der Waals surface area (Å²) >= 11 is 0. The predicted molar refractivity (Wildman–Crippen MR) is 93.1 cm³/mol.